The molecule has 1 aliphatic heterocycles. The molecule has 0 fully saturated rings. The second-order valence-electron chi connectivity index (χ2n) is 4.07. The molecule has 0 saturated carbocycles. The first kappa shape index (κ1) is 10.7. The molecule has 0 aliphatic carbocycles. The maximum absolute atomic E-state index is 14.3. The first-order valence-corrected chi connectivity index (χ1v) is 5.86. The van der Waals surface area contributed by atoms with Crippen molar-refractivity contribution in [1.82, 2.24) is 15.5 Å². The third kappa shape index (κ3) is 1.73. The van der Waals surface area contributed by atoms with E-state index in [1.807, 2.05) is 6.08 Å². The van der Waals surface area contributed by atoms with Crippen LogP contribution in [-0.4, -0.2) is 23.3 Å². The third-order valence-electron chi connectivity index (χ3n) is 3.00. The molecule has 5 heteroatoms. The molecule has 0 bridgehead atoms. The largest absolute Gasteiger partial charge is 0.312 e. The quantitative estimate of drug-likeness (QED) is 0.818. The van der Waals surface area contributed by atoms with Crippen molar-refractivity contribution >= 4 is 28.1 Å². The van der Waals surface area contributed by atoms with E-state index in [9.17, 15) is 4.39 Å². The van der Waals surface area contributed by atoms with Crippen molar-refractivity contribution in [3.8, 4) is 0 Å². The fourth-order valence-electron chi connectivity index (χ4n) is 2.12. The van der Waals surface area contributed by atoms with Gasteiger partial charge in [-0.3, -0.25) is 5.10 Å². The molecule has 0 atom stereocenters. The van der Waals surface area contributed by atoms with Crippen LogP contribution in [0.3, 0.4) is 0 Å². The van der Waals surface area contributed by atoms with Crippen LogP contribution in [0.15, 0.2) is 18.3 Å². The Bertz CT molecular complexity index is 603. The Kier molecular flexibility index (Phi) is 2.61. The minimum atomic E-state index is -0.281. The Hall–Kier alpha value is -1.39. The SMILES string of the molecule is Fc1c(C2=CCCNC2)cc(Cl)c2cn[nH]c12. The summed E-state index contributed by atoms with van der Waals surface area (Å²) in [5, 5.41) is 10.8. The summed E-state index contributed by atoms with van der Waals surface area (Å²) < 4.78 is 14.3. The first-order chi connectivity index (χ1) is 8.27. The van der Waals surface area contributed by atoms with Gasteiger partial charge in [0.25, 0.3) is 0 Å². The van der Waals surface area contributed by atoms with Gasteiger partial charge in [-0.1, -0.05) is 17.7 Å². The van der Waals surface area contributed by atoms with Gasteiger partial charge in [0.2, 0.25) is 0 Å². The number of hydrogen-bond donors (Lipinski definition) is 2. The molecule has 0 amide bonds. The molecule has 0 spiro atoms. The van der Waals surface area contributed by atoms with E-state index in [1.54, 1.807) is 6.07 Å². The highest BCUT2D eigenvalue weighted by Crippen LogP contribution is 2.31. The van der Waals surface area contributed by atoms with E-state index in [0.29, 0.717) is 28.0 Å². The Morgan fingerprint density at radius 1 is 1.41 bits per heavy atom. The van der Waals surface area contributed by atoms with Crippen LogP contribution in [0.1, 0.15) is 12.0 Å². The van der Waals surface area contributed by atoms with Gasteiger partial charge < -0.3 is 5.32 Å². The minimum absolute atomic E-state index is 0.281. The second kappa shape index (κ2) is 4.13. The molecule has 3 nitrogen and oxygen atoms in total. The van der Waals surface area contributed by atoms with Crippen molar-refractivity contribution in [3.63, 3.8) is 0 Å². The number of nitrogens with one attached hydrogen (secondary N) is 2. The lowest BCUT2D eigenvalue weighted by atomic mass is 10.0. The fraction of sp³-hybridized carbons (Fsp3) is 0.250. The predicted octanol–water partition coefficient (Wildman–Crippen LogP) is 2.73. The van der Waals surface area contributed by atoms with Crippen LogP contribution in [0.5, 0.6) is 0 Å². The fourth-order valence-corrected chi connectivity index (χ4v) is 2.37. The lowest BCUT2D eigenvalue weighted by molar-refractivity contribution is 0.629. The summed E-state index contributed by atoms with van der Waals surface area (Å²) in [6.45, 7) is 1.61. The highest BCUT2D eigenvalue weighted by molar-refractivity contribution is 6.35. The Morgan fingerprint density at radius 3 is 3.06 bits per heavy atom. The molecule has 2 N–H and O–H groups in total. The van der Waals surface area contributed by atoms with E-state index in [2.05, 4.69) is 15.5 Å². The number of fused-ring (bicyclic) bond motifs is 1. The highest BCUT2D eigenvalue weighted by atomic mass is 35.5. The molecule has 0 saturated heterocycles. The average Bonchev–Trinajstić information content (AvgIpc) is 2.85. The van der Waals surface area contributed by atoms with Crippen molar-refractivity contribution in [2.24, 2.45) is 0 Å². The van der Waals surface area contributed by atoms with Crippen LogP contribution in [0, 0.1) is 5.82 Å². The zero-order chi connectivity index (χ0) is 11.8. The number of nitrogens with zero attached hydrogens (tertiary/aromatic N) is 1. The lowest BCUT2D eigenvalue weighted by Crippen LogP contribution is -2.21. The average molecular weight is 252 g/mol. The summed E-state index contributed by atoms with van der Waals surface area (Å²) in [6, 6.07) is 1.67. The van der Waals surface area contributed by atoms with Crippen LogP contribution >= 0.6 is 11.6 Å². The van der Waals surface area contributed by atoms with Gasteiger partial charge in [0.15, 0.2) is 5.82 Å². The smallest absolute Gasteiger partial charge is 0.156 e. The topological polar surface area (TPSA) is 40.7 Å². The molecule has 88 valence electrons. The predicted molar refractivity (Wildman–Crippen MR) is 66.5 cm³/mol. The van der Waals surface area contributed by atoms with E-state index in [-0.39, 0.29) is 5.82 Å². The molecule has 1 aliphatic rings. The van der Waals surface area contributed by atoms with E-state index in [0.717, 1.165) is 18.5 Å². The number of aromatic amines is 1. The monoisotopic (exact) mass is 251 g/mol. The third-order valence-corrected chi connectivity index (χ3v) is 3.31. The number of halogens is 2. The number of H-pyrrole nitrogens is 1. The van der Waals surface area contributed by atoms with Gasteiger partial charge in [0.05, 0.1) is 11.2 Å². The van der Waals surface area contributed by atoms with Gasteiger partial charge in [-0.15, -0.1) is 0 Å². The number of aromatic nitrogens is 2. The van der Waals surface area contributed by atoms with Gasteiger partial charge >= 0.3 is 0 Å². The summed E-state index contributed by atoms with van der Waals surface area (Å²) in [5.74, 6) is -0.281. The van der Waals surface area contributed by atoms with Gasteiger partial charge in [-0.05, 0) is 24.6 Å². The summed E-state index contributed by atoms with van der Waals surface area (Å²) in [7, 11) is 0. The highest BCUT2D eigenvalue weighted by Gasteiger charge is 2.16. The van der Waals surface area contributed by atoms with Crippen molar-refractivity contribution in [3.05, 3.63) is 34.7 Å². The number of rotatable bonds is 1. The van der Waals surface area contributed by atoms with Gasteiger partial charge in [0, 0.05) is 17.5 Å². The minimum Gasteiger partial charge on any atom is -0.312 e. The van der Waals surface area contributed by atoms with Gasteiger partial charge in [0.1, 0.15) is 5.52 Å². The molecule has 1 aromatic carbocycles. The maximum atomic E-state index is 14.3. The van der Waals surface area contributed by atoms with Crippen LogP contribution in [0.2, 0.25) is 5.02 Å². The molecule has 2 aromatic rings. The molecular formula is C12H11ClFN3. The Labute approximate surface area is 103 Å². The molecule has 3 rings (SSSR count). The van der Waals surface area contributed by atoms with Crippen molar-refractivity contribution < 1.29 is 4.39 Å². The normalized spacial score (nSPS) is 16.2. The van der Waals surface area contributed by atoms with E-state index in [4.69, 9.17) is 11.6 Å². The van der Waals surface area contributed by atoms with Crippen molar-refractivity contribution in [2.75, 3.05) is 13.1 Å². The van der Waals surface area contributed by atoms with Crippen LogP contribution < -0.4 is 5.32 Å². The number of hydrogen-bond acceptors (Lipinski definition) is 2. The summed E-state index contributed by atoms with van der Waals surface area (Å²) in [6.07, 6.45) is 4.50. The van der Waals surface area contributed by atoms with E-state index >= 15 is 0 Å². The molecule has 2 heterocycles. The Morgan fingerprint density at radius 2 is 2.29 bits per heavy atom. The molecule has 0 unspecified atom stereocenters. The Balaban J connectivity index is 2.22. The van der Waals surface area contributed by atoms with Crippen molar-refractivity contribution in [2.45, 2.75) is 6.42 Å². The molecule has 17 heavy (non-hydrogen) atoms. The van der Waals surface area contributed by atoms with Crippen LogP contribution in [0.25, 0.3) is 16.5 Å². The van der Waals surface area contributed by atoms with Crippen molar-refractivity contribution in [1.29, 1.82) is 0 Å². The zero-order valence-electron chi connectivity index (χ0n) is 9.06. The zero-order valence-corrected chi connectivity index (χ0v) is 9.81. The van der Waals surface area contributed by atoms with E-state index < -0.39 is 0 Å². The van der Waals surface area contributed by atoms with Gasteiger partial charge in [-0.2, -0.15) is 5.10 Å². The van der Waals surface area contributed by atoms with Crippen LogP contribution in [0.4, 0.5) is 4.39 Å². The second-order valence-corrected chi connectivity index (χ2v) is 4.48. The summed E-state index contributed by atoms with van der Waals surface area (Å²) in [4.78, 5) is 0. The standard InChI is InChI=1S/C12H11ClFN3/c13-10-4-8(7-2-1-3-15-5-7)11(14)12-9(10)6-16-17-12/h2,4,6,15H,1,3,5H2,(H,16,17). The first-order valence-electron chi connectivity index (χ1n) is 5.48. The van der Waals surface area contributed by atoms with Crippen LogP contribution in [-0.2, 0) is 0 Å². The summed E-state index contributed by atoms with van der Waals surface area (Å²) >= 11 is 6.12. The molecule has 1 aromatic heterocycles. The maximum Gasteiger partial charge on any atom is 0.156 e. The molecular weight excluding hydrogens is 241 g/mol. The van der Waals surface area contributed by atoms with Gasteiger partial charge in [-0.25, -0.2) is 4.39 Å². The van der Waals surface area contributed by atoms with E-state index in [1.165, 1.54) is 6.20 Å². The molecule has 0 radical (unpaired) electrons. The lowest BCUT2D eigenvalue weighted by Gasteiger charge is -2.15. The number of benzene rings is 1. The summed E-state index contributed by atoms with van der Waals surface area (Å²) in [5.41, 5.74) is 1.88.